The second kappa shape index (κ2) is 10.3. The summed E-state index contributed by atoms with van der Waals surface area (Å²) in [5.74, 6) is 1.24. The predicted octanol–water partition coefficient (Wildman–Crippen LogP) is 2.67. The molecule has 0 radical (unpaired) electrons. The molecule has 0 aromatic heterocycles. The van der Waals surface area contributed by atoms with Gasteiger partial charge in [0, 0.05) is 38.5 Å². The minimum Gasteiger partial charge on any atom is -0.344 e. The number of hydrogen-bond acceptors (Lipinski definition) is 3. The quantitative estimate of drug-likeness (QED) is 0.754. The summed E-state index contributed by atoms with van der Waals surface area (Å²) in [6.45, 7) is 13.1. The van der Waals surface area contributed by atoms with Gasteiger partial charge >= 0.3 is 0 Å². The van der Waals surface area contributed by atoms with Crippen molar-refractivity contribution in [2.24, 2.45) is 23.7 Å². The lowest BCUT2D eigenvalue weighted by molar-refractivity contribution is -0.143. The molecule has 1 unspecified atom stereocenters. The molecular formula is C22H39N3O3. The first-order valence-electron chi connectivity index (χ1n) is 11.1. The van der Waals surface area contributed by atoms with Crippen molar-refractivity contribution in [2.75, 3.05) is 26.2 Å². The Balaban J connectivity index is 1.87. The summed E-state index contributed by atoms with van der Waals surface area (Å²) < 4.78 is 0. The average Bonchev–Trinajstić information content (AvgIpc) is 2.65. The standard InChI is InChI=1S/C22H39N3O3/c1-15(2)14-19(26)23-20(16(3)4)22(28)25-12-8-18(9-13-25)21(27)24-10-6-17(5)7-11-24/h15-18,20H,6-14H2,1-5H3,(H,23,26). The summed E-state index contributed by atoms with van der Waals surface area (Å²) in [5.41, 5.74) is 0. The lowest BCUT2D eigenvalue weighted by Gasteiger charge is -2.38. The highest BCUT2D eigenvalue weighted by molar-refractivity contribution is 5.88. The van der Waals surface area contributed by atoms with Crippen LogP contribution in [-0.4, -0.2) is 59.7 Å². The van der Waals surface area contributed by atoms with Crippen LogP contribution in [0.3, 0.4) is 0 Å². The molecule has 2 rings (SSSR count). The molecule has 28 heavy (non-hydrogen) atoms. The molecule has 160 valence electrons. The van der Waals surface area contributed by atoms with Gasteiger partial charge in [0.1, 0.15) is 6.04 Å². The van der Waals surface area contributed by atoms with Crippen molar-refractivity contribution in [3.63, 3.8) is 0 Å². The molecule has 2 heterocycles. The molecule has 2 aliphatic rings. The van der Waals surface area contributed by atoms with Crippen LogP contribution in [0.25, 0.3) is 0 Å². The zero-order valence-corrected chi connectivity index (χ0v) is 18.4. The Morgan fingerprint density at radius 2 is 1.43 bits per heavy atom. The minimum absolute atomic E-state index is 0.00944. The van der Waals surface area contributed by atoms with E-state index in [0.29, 0.717) is 25.4 Å². The van der Waals surface area contributed by atoms with E-state index >= 15 is 0 Å². The number of carbonyl (C=O) groups is 3. The predicted molar refractivity (Wildman–Crippen MR) is 111 cm³/mol. The van der Waals surface area contributed by atoms with E-state index in [1.54, 1.807) is 0 Å². The Kier molecular flexibility index (Phi) is 8.32. The summed E-state index contributed by atoms with van der Waals surface area (Å²) in [5, 5.41) is 2.93. The largest absolute Gasteiger partial charge is 0.344 e. The first-order chi connectivity index (χ1) is 13.2. The highest BCUT2D eigenvalue weighted by atomic mass is 16.2. The van der Waals surface area contributed by atoms with E-state index in [9.17, 15) is 14.4 Å². The van der Waals surface area contributed by atoms with Crippen LogP contribution in [0.5, 0.6) is 0 Å². The molecule has 0 aromatic rings. The number of hydrogen-bond donors (Lipinski definition) is 1. The fraction of sp³-hybridized carbons (Fsp3) is 0.864. The summed E-state index contributed by atoms with van der Waals surface area (Å²) in [6, 6.07) is -0.484. The van der Waals surface area contributed by atoms with Crippen LogP contribution in [0.2, 0.25) is 0 Å². The van der Waals surface area contributed by atoms with Crippen LogP contribution in [0.15, 0.2) is 0 Å². The molecule has 6 nitrogen and oxygen atoms in total. The maximum Gasteiger partial charge on any atom is 0.245 e. The molecule has 0 bridgehead atoms. The van der Waals surface area contributed by atoms with E-state index < -0.39 is 6.04 Å². The second-order valence-corrected chi connectivity index (χ2v) is 9.49. The Bertz CT molecular complexity index is 545. The van der Waals surface area contributed by atoms with E-state index in [1.807, 2.05) is 37.5 Å². The van der Waals surface area contributed by atoms with Gasteiger partial charge in [0.2, 0.25) is 17.7 Å². The zero-order chi connectivity index (χ0) is 20.8. The number of amides is 3. The van der Waals surface area contributed by atoms with Gasteiger partial charge in [-0.25, -0.2) is 0 Å². The second-order valence-electron chi connectivity index (χ2n) is 9.49. The number of nitrogens with one attached hydrogen (secondary N) is 1. The molecule has 1 atom stereocenters. The molecule has 2 fully saturated rings. The minimum atomic E-state index is -0.484. The van der Waals surface area contributed by atoms with Gasteiger partial charge in [0.05, 0.1) is 0 Å². The first kappa shape index (κ1) is 22.7. The lowest BCUT2D eigenvalue weighted by Crippen LogP contribution is -2.54. The molecule has 0 spiro atoms. The Hall–Kier alpha value is -1.59. The van der Waals surface area contributed by atoms with Gasteiger partial charge in [0.15, 0.2) is 0 Å². The van der Waals surface area contributed by atoms with Gasteiger partial charge in [-0.3, -0.25) is 14.4 Å². The van der Waals surface area contributed by atoms with Crippen molar-refractivity contribution in [2.45, 2.75) is 72.8 Å². The highest BCUT2D eigenvalue weighted by Crippen LogP contribution is 2.24. The van der Waals surface area contributed by atoms with E-state index in [-0.39, 0.29) is 35.5 Å². The van der Waals surface area contributed by atoms with E-state index in [4.69, 9.17) is 0 Å². The summed E-state index contributed by atoms with van der Waals surface area (Å²) in [7, 11) is 0. The SMILES string of the molecule is CC(C)CC(=O)NC(C(=O)N1CCC(C(=O)N2CCC(C)CC2)CC1)C(C)C. The number of rotatable bonds is 6. The Morgan fingerprint density at radius 3 is 1.93 bits per heavy atom. The Labute approximate surface area is 170 Å². The monoisotopic (exact) mass is 393 g/mol. The number of carbonyl (C=O) groups excluding carboxylic acids is 3. The van der Waals surface area contributed by atoms with E-state index in [0.717, 1.165) is 38.8 Å². The van der Waals surface area contributed by atoms with Crippen LogP contribution < -0.4 is 5.32 Å². The fourth-order valence-corrected chi connectivity index (χ4v) is 4.15. The van der Waals surface area contributed by atoms with Crippen molar-refractivity contribution >= 4 is 17.7 Å². The molecule has 0 aromatic carbocycles. The third-order valence-corrected chi connectivity index (χ3v) is 6.09. The molecule has 6 heteroatoms. The van der Waals surface area contributed by atoms with Gasteiger partial charge in [-0.1, -0.05) is 34.6 Å². The number of piperidine rings is 2. The van der Waals surface area contributed by atoms with E-state index in [1.165, 1.54) is 0 Å². The smallest absolute Gasteiger partial charge is 0.245 e. The van der Waals surface area contributed by atoms with Crippen molar-refractivity contribution in [3.05, 3.63) is 0 Å². The van der Waals surface area contributed by atoms with Gasteiger partial charge in [-0.05, 0) is 43.4 Å². The molecule has 3 amide bonds. The van der Waals surface area contributed by atoms with Crippen LogP contribution >= 0.6 is 0 Å². The molecule has 0 aliphatic carbocycles. The van der Waals surface area contributed by atoms with Crippen LogP contribution in [0, 0.1) is 23.7 Å². The van der Waals surface area contributed by atoms with Crippen molar-refractivity contribution < 1.29 is 14.4 Å². The highest BCUT2D eigenvalue weighted by Gasteiger charge is 2.34. The average molecular weight is 394 g/mol. The maximum atomic E-state index is 13.0. The summed E-state index contributed by atoms with van der Waals surface area (Å²) >= 11 is 0. The van der Waals surface area contributed by atoms with Crippen molar-refractivity contribution in [1.29, 1.82) is 0 Å². The fourth-order valence-electron chi connectivity index (χ4n) is 4.15. The Morgan fingerprint density at radius 1 is 0.893 bits per heavy atom. The van der Waals surface area contributed by atoms with Gasteiger partial charge in [-0.2, -0.15) is 0 Å². The van der Waals surface area contributed by atoms with E-state index in [2.05, 4.69) is 12.2 Å². The molecular weight excluding hydrogens is 354 g/mol. The zero-order valence-electron chi connectivity index (χ0n) is 18.4. The normalized spacial score (nSPS) is 20.5. The third kappa shape index (κ3) is 6.21. The lowest BCUT2D eigenvalue weighted by atomic mass is 9.92. The molecule has 0 saturated carbocycles. The third-order valence-electron chi connectivity index (χ3n) is 6.09. The van der Waals surface area contributed by atoms with Gasteiger partial charge in [-0.15, -0.1) is 0 Å². The molecule has 1 N–H and O–H groups in total. The first-order valence-corrected chi connectivity index (χ1v) is 11.1. The topological polar surface area (TPSA) is 69.7 Å². The van der Waals surface area contributed by atoms with Crippen LogP contribution in [0.4, 0.5) is 0 Å². The van der Waals surface area contributed by atoms with Gasteiger partial charge < -0.3 is 15.1 Å². The van der Waals surface area contributed by atoms with Gasteiger partial charge in [0.25, 0.3) is 0 Å². The molecule has 2 aliphatic heterocycles. The maximum absolute atomic E-state index is 13.0. The van der Waals surface area contributed by atoms with Crippen LogP contribution in [-0.2, 0) is 14.4 Å². The van der Waals surface area contributed by atoms with Crippen molar-refractivity contribution in [3.8, 4) is 0 Å². The number of nitrogens with zero attached hydrogens (tertiary/aromatic N) is 2. The molecule has 2 saturated heterocycles. The number of likely N-dealkylation sites (tertiary alicyclic amines) is 2. The summed E-state index contributed by atoms with van der Waals surface area (Å²) in [4.78, 5) is 41.8. The van der Waals surface area contributed by atoms with Crippen LogP contribution in [0.1, 0.15) is 66.7 Å². The van der Waals surface area contributed by atoms with Crippen molar-refractivity contribution in [1.82, 2.24) is 15.1 Å². The summed E-state index contributed by atoms with van der Waals surface area (Å²) in [6.07, 6.45) is 4.06.